The lowest BCUT2D eigenvalue weighted by Crippen LogP contribution is -2.53. The molecular formula is C27H22N4O3. The van der Waals surface area contributed by atoms with Crippen LogP contribution in [0.1, 0.15) is 0 Å². The maximum absolute atomic E-state index is 12.8. The van der Waals surface area contributed by atoms with E-state index in [9.17, 15) is 14.4 Å². The average molecular weight is 450 g/mol. The maximum Gasteiger partial charge on any atom is 0.333 e. The molecule has 0 unspecified atom stereocenters. The van der Waals surface area contributed by atoms with E-state index >= 15 is 0 Å². The van der Waals surface area contributed by atoms with Crippen LogP contribution >= 0.6 is 0 Å². The summed E-state index contributed by atoms with van der Waals surface area (Å²) in [5.74, 6) is -0.509. The Balaban J connectivity index is 1.71. The van der Waals surface area contributed by atoms with Crippen LogP contribution in [0, 0.1) is 0 Å². The Labute approximate surface area is 197 Å². The van der Waals surface area contributed by atoms with E-state index in [2.05, 4.69) is 9.80 Å². The van der Waals surface area contributed by atoms with E-state index in [1.165, 1.54) is 20.2 Å². The first-order valence-electron chi connectivity index (χ1n) is 10.8. The number of fused-ring (bicyclic) bond motifs is 1. The van der Waals surface area contributed by atoms with Crippen molar-refractivity contribution in [2.24, 2.45) is 0 Å². The summed E-state index contributed by atoms with van der Waals surface area (Å²) in [5, 5.41) is 0. The third-order valence-corrected chi connectivity index (χ3v) is 5.89. The van der Waals surface area contributed by atoms with Gasteiger partial charge in [0.25, 0.3) is 11.8 Å². The van der Waals surface area contributed by atoms with Gasteiger partial charge in [0.15, 0.2) is 0 Å². The van der Waals surface area contributed by atoms with Gasteiger partial charge in [0, 0.05) is 25.5 Å². The summed E-state index contributed by atoms with van der Waals surface area (Å²) >= 11 is 0. The first kappa shape index (κ1) is 21.2. The number of nitrogens with zero attached hydrogens (tertiary/aromatic N) is 4. The number of rotatable bonds is 3. The Morgan fingerprint density at radius 1 is 0.559 bits per heavy atom. The molecule has 0 N–H and O–H groups in total. The predicted molar refractivity (Wildman–Crippen MR) is 131 cm³/mol. The van der Waals surface area contributed by atoms with Gasteiger partial charge in [-0.15, -0.1) is 0 Å². The molecule has 0 atom stereocenters. The van der Waals surface area contributed by atoms with Gasteiger partial charge in [0.1, 0.15) is 11.4 Å². The molecule has 2 aliphatic heterocycles. The van der Waals surface area contributed by atoms with Gasteiger partial charge >= 0.3 is 6.03 Å². The summed E-state index contributed by atoms with van der Waals surface area (Å²) < 4.78 is 0. The van der Waals surface area contributed by atoms with Gasteiger partial charge in [-0.25, -0.2) is 4.79 Å². The van der Waals surface area contributed by atoms with Crippen molar-refractivity contribution in [1.82, 2.24) is 9.80 Å². The molecule has 2 heterocycles. The van der Waals surface area contributed by atoms with Crippen LogP contribution in [0.5, 0.6) is 0 Å². The SMILES string of the molecule is CN1C(=O)C(=CC=C2N(c3ccccc3)c3ccccc3N2c2ccccc2)C(=O)N(C)C1=O. The first-order chi connectivity index (χ1) is 16.5. The molecule has 3 aromatic carbocycles. The van der Waals surface area contributed by atoms with Crippen molar-refractivity contribution < 1.29 is 14.4 Å². The van der Waals surface area contributed by atoms with Crippen LogP contribution in [-0.4, -0.2) is 41.7 Å². The molecule has 0 saturated carbocycles. The summed E-state index contributed by atoms with van der Waals surface area (Å²) in [6.07, 6.45) is 3.25. The van der Waals surface area contributed by atoms with Gasteiger partial charge in [-0.2, -0.15) is 0 Å². The number of carbonyl (C=O) groups excluding carboxylic acids is 3. The molecule has 3 aromatic rings. The molecule has 7 heteroatoms. The summed E-state index contributed by atoms with van der Waals surface area (Å²) in [7, 11) is 2.74. The number of imide groups is 2. The third-order valence-electron chi connectivity index (χ3n) is 5.89. The molecule has 1 fully saturated rings. The molecule has 0 aromatic heterocycles. The van der Waals surface area contributed by atoms with Gasteiger partial charge < -0.3 is 0 Å². The Morgan fingerprint density at radius 3 is 1.41 bits per heavy atom. The van der Waals surface area contributed by atoms with Crippen molar-refractivity contribution in [2.75, 3.05) is 23.9 Å². The van der Waals surface area contributed by atoms with Crippen LogP contribution in [0.3, 0.4) is 0 Å². The third kappa shape index (κ3) is 3.34. The normalized spacial score (nSPS) is 15.8. The van der Waals surface area contributed by atoms with Crippen molar-refractivity contribution >= 4 is 40.6 Å². The topological polar surface area (TPSA) is 64.2 Å². The van der Waals surface area contributed by atoms with Gasteiger partial charge in [-0.3, -0.25) is 29.2 Å². The van der Waals surface area contributed by atoms with Gasteiger partial charge in [0.05, 0.1) is 11.4 Å². The molecule has 7 nitrogen and oxygen atoms in total. The number of barbiturate groups is 1. The number of carbonyl (C=O) groups is 3. The standard InChI is InChI=1S/C27H22N4O3/c1-28-25(32)21(26(33)29(2)27(28)34)17-18-24-30(19-11-5-3-6-12-19)22-15-9-10-16-23(22)31(24)20-13-7-4-8-14-20/h3-18H,1-2H3. The first-order valence-corrected chi connectivity index (χ1v) is 10.8. The number of hydrogen-bond donors (Lipinski definition) is 0. The summed E-state index contributed by atoms with van der Waals surface area (Å²) in [6, 6.07) is 27.1. The van der Waals surface area contributed by atoms with E-state index in [-0.39, 0.29) is 5.57 Å². The van der Waals surface area contributed by atoms with E-state index in [1.54, 1.807) is 6.08 Å². The number of allylic oxidation sites excluding steroid dienone is 2. The lowest BCUT2D eigenvalue weighted by molar-refractivity contribution is -0.134. The van der Waals surface area contributed by atoms with Crippen LogP contribution in [0.25, 0.3) is 0 Å². The predicted octanol–water partition coefficient (Wildman–Crippen LogP) is 4.79. The number of anilines is 4. The monoisotopic (exact) mass is 450 g/mol. The Hall–Kier alpha value is -4.65. The second-order valence-corrected chi connectivity index (χ2v) is 7.95. The molecule has 2 aliphatic rings. The largest absolute Gasteiger partial charge is 0.333 e. The van der Waals surface area contributed by atoms with E-state index in [0.29, 0.717) is 0 Å². The summed E-state index contributed by atoms with van der Waals surface area (Å²) in [5.41, 5.74) is 3.72. The minimum Gasteiger partial charge on any atom is -0.294 e. The lowest BCUT2D eigenvalue weighted by Gasteiger charge is -2.29. The maximum atomic E-state index is 12.8. The van der Waals surface area contributed by atoms with Gasteiger partial charge in [-0.1, -0.05) is 48.5 Å². The van der Waals surface area contributed by atoms with Crippen LogP contribution in [0.2, 0.25) is 0 Å². The van der Waals surface area contributed by atoms with Crippen molar-refractivity contribution in [2.45, 2.75) is 0 Å². The van der Waals surface area contributed by atoms with Crippen molar-refractivity contribution in [3.05, 3.63) is 108 Å². The molecule has 5 rings (SSSR count). The second kappa shape index (κ2) is 8.37. The van der Waals surface area contributed by atoms with Crippen LogP contribution in [-0.2, 0) is 9.59 Å². The molecule has 168 valence electrons. The Bertz CT molecular complexity index is 1250. The molecule has 0 radical (unpaired) electrons. The lowest BCUT2D eigenvalue weighted by atomic mass is 10.1. The molecule has 0 spiro atoms. The van der Waals surface area contributed by atoms with Crippen LogP contribution in [0.15, 0.2) is 108 Å². The minimum absolute atomic E-state index is 0.0749. The highest BCUT2D eigenvalue weighted by Gasteiger charge is 2.38. The number of hydrogen-bond acceptors (Lipinski definition) is 5. The van der Waals surface area contributed by atoms with E-state index in [1.807, 2.05) is 84.9 Å². The van der Waals surface area contributed by atoms with Crippen LogP contribution in [0.4, 0.5) is 27.5 Å². The van der Waals surface area contributed by atoms with E-state index in [4.69, 9.17) is 0 Å². The Morgan fingerprint density at radius 2 is 0.971 bits per heavy atom. The fourth-order valence-corrected chi connectivity index (χ4v) is 4.19. The second-order valence-electron chi connectivity index (χ2n) is 7.95. The van der Waals surface area contributed by atoms with Gasteiger partial charge in [0.2, 0.25) is 0 Å². The highest BCUT2D eigenvalue weighted by atomic mass is 16.2. The molecule has 0 bridgehead atoms. The highest BCUT2D eigenvalue weighted by Crippen LogP contribution is 2.49. The smallest absolute Gasteiger partial charge is 0.294 e. The molecular weight excluding hydrogens is 428 g/mol. The summed E-state index contributed by atoms with van der Waals surface area (Å²) in [6.45, 7) is 0. The molecule has 1 saturated heterocycles. The number of benzene rings is 3. The minimum atomic E-state index is -0.648. The summed E-state index contributed by atoms with van der Waals surface area (Å²) in [4.78, 5) is 43.7. The molecule has 4 amide bonds. The van der Waals surface area contributed by atoms with Crippen molar-refractivity contribution in [3.63, 3.8) is 0 Å². The van der Waals surface area contributed by atoms with Crippen LogP contribution < -0.4 is 9.80 Å². The zero-order valence-corrected chi connectivity index (χ0v) is 18.8. The number of amides is 4. The molecule has 34 heavy (non-hydrogen) atoms. The number of likely N-dealkylation sites (N-methyl/N-ethyl adjacent to an activating group) is 2. The van der Waals surface area contributed by atoms with Crippen molar-refractivity contribution in [1.29, 1.82) is 0 Å². The van der Waals surface area contributed by atoms with Gasteiger partial charge in [-0.05, 0) is 48.6 Å². The Kier molecular flexibility index (Phi) is 5.22. The number of urea groups is 1. The fraction of sp³-hybridized carbons (Fsp3) is 0.0741. The zero-order chi connectivity index (χ0) is 23.8. The fourth-order valence-electron chi connectivity index (χ4n) is 4.19. The van der Waals surface area contributed by atoms with Crippen molar-refractivity contribution in [3.8, 4) is 0 Å². The average Bonchev–Trinajstić information content (AvgIpc) is 3.21. The van der Waals surface area contributed by atoms with E-state index < -0.39 is 17.8 Å². The highest BCUT2D eigenvalue weighted by molar-refractivity contribution is 6.28. The molecule has 0 aliphatic carbocycles. The quantitative estimate of drug-likeness (QED) is 0.424. The van der Waals surface area contributed by atoms with E-state index in [0.717, 1.165) is 38.4 Å². The zero-order valence-electron chi connectivity index (χ0n) is 18.8. The number of para-hydroxylation sites is 4.